The maximum Gasteiger partial charge on any atom is 0.238 e. The molecular weight excluding hydrogens is 748 g/mol. The summed E-state index contributed by atoms with van der Waals surface area (Å²) in [6.07, 6.45) is 3.82. The number of phenolic OH excluding ortho intramolecular Hbond substituents is 1. The number of benzene rings is 5. The van der Waals surface area contributed by atoms with E-state index < -0.39 is 35.0 Å². The number of azo groups is 1. The Hall–Kier alpha value is -6.45. The number of carbonyl (C=O) groups excluding carboxylic acids is 4. The smallest absolute Gasteiger partial charge is 0.238 e. The predicted molar refractivity (Wildman–Crippen MR) is 224 cm³/mol. The zero-order valence-corrected chi connectivity index (χ0v) is 32.6. The van der Waals surface area contributed by atoms with Crippen molar-refractivity contribution in [2.75, 3.05) is 23.9 Å². The van der Waals surface area contributed by atoms with Gasteiger partial charge in [-0.05, 0) is 103 Å². The van der Waals surface area contributed by atoms with Crippen LogP contribution in [-0.2, 0) is 24.6 Å². The van der Waals surface area contributed by atoms with Crippen LogP contribution in [0, 0.1) is 23.7 Å². The fourth-order valence-corrected chi connectivity index (χ4v) is 10.0. The third-order valence-electron chi connectivity index (χ3n) is 12.4. The first-order chi connectivity index (χ1) is 28.1. The number of carbonyl (C=O) groups is 4. The van der Waals surface area contributed by atoms with Gasteiger partial charge in [-0.3, -0.25) is 24.1 Å². The SMILES string of the molecule is CN(C)c1ccc(N=Nc2ccc(N3C(=O)[C@H]4[C@H](CC=C5[C@H]4C[C@H]4C(=O)C(c6ccccc6)=CC(=O)[C@@]4(c4ccccc4)[C@H]5c4cc(Cl)ccc4O)C3=O)cc2)cc1. The van der Waals surface area contributed by atoms with E-state index in [4.69, 9.17) is 11.6 Å². The Bertz CT molecular complexity index is 2570. The molecule has 288 valence electrons. The minimum absolute atomic E-state index is 0.0801. The average Bonchev–Trinajstić information content (AvgIpc) is 3.51. The molecule has 5 aromatic rings. The molecule has 2 amide bonds. The van der Waals surface area contributed by atoms with Crippen molar-refractivity contribution in [2.24, 2.45) is 33.9 Å². The second kappa shape index (κ2) is 14.5. The molecule has 1 N–H and O–H groups in total. The molecule has 0 spiro atoms. The number of anilines is 2. The summed E-state index contributed by atoms with van der Waals surface area (Å²) in [5.41, 5.74) is 3.91. The van der Waals surface area contributed by atoms with Crippen molar-refractivity contribution in [1.82, 2.24) is 0 Å². The molecule has 1 saturated carbocycles. The number of imide groups is 1. The molecule has 1 saturated heterocycles. The molecule has 1 heterocycles. The summed E-state index contributed by atoms with van der Waals surface area (Å²) in [6, 6.07) is 37.6. The molecule has 58 heavy (non-hydrogen) atoms. The largest absolute Gasteiger partial charge is 0.508 e. The number of amides is 2. The fraction of sp³-hybridized carbons (Fsp3) is 0.208. The van der Waals surface area contributed by atoms with Crippen LogP contribution in [0.1, 0.15) is 35.4 Å². The van der Waals surface area contributed by atoms with Crippen LogP contribution in [0.2, 0.25) is 5.02 Å². The Balaban J connectivity index is 1.12. The summed E-state index contributed by atoms with van der Waals surface area (Å²) in [7, 11) is 3.93. The van der Waals surface area contributed by atoms with Crippen LogP contribution in [0.25, 0.3) is 5.57 Å². The number of hydrogen-bond donors (Lipinski definition) is 1. The first-order valence-electron chi connectivity index (χ1n) is 19.3. The monoisotopic (exact) mass is 786 g/mol. The van der Waals surface area contributed by atoms with E-state index in [0.29, 0.717) is 44.3 Å². The van der Waals surface area contributed by atoms with Gasteiger partial charge >= 0.3 is 0 Å². The van der Waals surface area contributed by atoms with Gasteiger partial charge in [0.05, 0.1) is 34.3 Å². The van der Waals surface area contributed by atoms with E-state index in [1.54, 1.807) is 36.4 Å². The topological polar surface area (TPSA) is 120 Å². The third kappa shape index (κ3) is 5.91. The minimum Gasteiger partial charge on any atom is -0.508 e. The van der Waals surface area contributed by atoms with Crippen molar-refractivity contribution >= 4 is 63.3 Å². The lowest BCUT2D eigenvalue weighted by Crippen LogP contribution is -2.58. The number of ketones is 2. The number of nitrogens with zero attached hydrogens (tertiary/aromatic N) is 4. The van der Waals surface area contributed by atoms with Crippen LogP contribution in [0.4, 0.5) is 22.7 Å². The first-order valence-corrected chi connectivity index (χ1v) is 19.7. The number of allylic oxidation sites excluding steroid dienone is 4. The van der Waals surface area contributed by atoms with E-state index in [2.05, 4.69) is 10.2 Å². The van der Waals surface area contributed by atoms with Crippen LogP contribution < -0.4 is 9.80 Å². The van der Waals surface area contributed by atoms with Gasteiger partial charge in [0.25, 0.3) is 0 Å². The molecular formula is C48H39ClN4O5. The first kappa shape index (κ1) is 37.1. The van der Waals surface area contributed by atoms with Crippen molar-refractivity contribution in [3.05, 3.63) is 167 Å². The van der Waals surface area contributed by atoms with Gasteiger partial charge in [-0.2, -0.15) is 10.2 Å². The van der Waals surface area contributed by atoms with Gasteiger partial charge in [0.15, 0.2) is 11.6 Å². The van der Waals surface area contributed by atoms with Gasteiger partial charge in [-0.25, -0.2) is 0 Å². The highest BCUT2D eigenvalue weighted by Crippen LogP contribution is 2.64. The second-order valence-corrected chi connectivity index (χ2v) is 16.1. The van der Waals surface area contributed by atoms with E-state index in [-0.39, 0.29) is 42.0 Å². The lowest BCUT2D eigenvalue weighted by molar-refractivity contribution is -0.135. The summed E-state index contributed by atoms with van der Waals surface area (Å²) < 4.78 is 0. The second-order valence-electron chi connectivity index (χ2n) is 15.6. The van der Waals surface area contributed by atoms with Crippen molar-refractivity contribution in [3.8, 4) is 5.75 Å². The molecule has 0 aromatic heterocycles. The number of phenols is 1. The Morgan fingerprint density at radius 1 is 0.759 bits per heavy atom. The molecule has 0 unspecified atom stereocenters. The van der Waals surface area contributed by atoms with Crippen molar-refractivity contribution in [3.63, 3.8) is 0 Å². The Morgan fingerprint density at radius 2 is 1.40 bits per heavy atom. The van der Waals surface area contributed by atoms with Crippen molar-refractivity contribution in [1.29, 1.82) is 0 Å². The summed E-state index contributed by atoms with van der Waals surface area (Å²) in [6.45, 7) is 0. The highest BCUT2D eigenvalue weighted by Gasteiger charge is 2.66. The lowest BCUT2D eigenvalue weighted by Gasteiger charge is -2.55. The maximum atomic E-state index is 15.2. The van der Waals surface area contributed by atoms with E-state index >= 15 is 9.59 Å². The van der Waals surface area contributed by atoms with Gasteiger partial charge in [0.2, 0.25) is 11.8 Å². The molecule has 5 aromatic carbocycles. The van der Waals surface area contributed by atoms with E-state index in [1.807, 2.05) is 110 Å². The zero-order valence-electron chi connectivity index (χ0n) is 31.8. The lowest BCUT2D eigenvalue weighted by atomic mass is 9.44. The quantitative estimate of drug-likeness (QED) is 0.0997. The maximum absolute atomic E-state index is 15.2. The molecule has 4 aliphatic rings. The molecule has 3 aliphatic carbocycles. The predicted octanol–water partition coefficient (Wildman–Crippen LogP) is 9.56. The van der Waals surface area contributed by atoms with Crippen LogP contribution in [0.3, 0.4) is 0 Å². The van der Waals surface area contributed by atoms with E-state index in [1.165, 1.54) is 17.0 Å². The number of halogens is 1. The number of hydrogen-bond acceptors (Lipinski definition) is 8. The Morgan fingerprint density at radius 3 is 2.05 bits per heavy atom. The normalized spacial score (nSPS) is 25.2. The molecule has 0 radical (unpaired) electrons. The minimum atomic E-state index is -1.47. The summed E-state index contributed by atoms with van der Waals surface area (Å²) in [5.74, 6) is -5.15. The Labute approximate surface area is 341 Å². The van der Waals surface area contributed by atoms with Crippen LogP contribution in [0.15, 0.2) is 155 Å². The molecule has 9 rings (SSSR count). The number of Topliss-reactive ketones (excluding diaryl/α,β-unsaturated/α-hetero) is 1. The van der Waals surface area contributed by atoms with Crippen molar-refractivity contribution < 1.29 is 24.3 Å². The van der Waals surface area contributed by atoms with Gasteiger partial charge < -0.3 is 10.0 Å². The van der Waals surface area contributed by atoms with Crippen LogP contribution in [0.5, 0.6) is 5.75 Å². The standard InChI is InChI=1S/C48H39ClN4O5/c1-52(2)33-18-14-31(15-19-33)50-51-32-16-20-34(21-17-32)53-46(57)36-23-22-35-38(43(36)47(53)58)26-40-45(56)37(28-9-5-3-6-10-28)27-42(55)48(40,29-11-7-4-8-12-29)44(35)39-25-30(49)13-24-41(39)54/h3-22,24-25,27,36,38,40,43-44,54H,23,26H2,1-2H3/t36-,38+,40-,43-,44+,48-/m0/s1. The van der Waals surface area contributed by atoms with Crippen LogP contribution in [-0.4, -0.2) is 42.6 Å². The van der Waals surface area contributed by atoms with Gasteiger partial charge in [0.1, 0.15) is 5.75 Å². The molecule has 6 atom stereocenters. The number of aromatic hydroxyl groups is 1. The summed E-state index contributed by atoms with van der Waals surface area (Å²) in [5, 5.41) is 20.7. The molecule has 2 fully saturated rings. The number of rotatable bonds is 7. The van der Waals surface area contributed by atoms with Gasteiger partial charge in [-0.1, -0.05) is 83.9 Å². The molecule has 1 aliphatic heterocycles. The highest BCUT2D eigenvalue weighted by molar-refractivity contribution is 6.32. The third-order valence-corrected chi connectivity index (χ3v) is 12.7. The average molecular weight is 787 g/mol. The summed E-state index contributed by atoms with van der Waals surface area (Å²) >= 11 is 6.63. The van der Waals surface area contributed by atoms with E-state index in [9.17, 15) is 14.7 Å². The fourth-order valence-electron chi connectivity index (χ4n) is 9.83. The van der Waals surface area contributed by atoms with E-state index in [0.717, 1.165) is 11.3 Å². The molecule has 10 heteroatoms. The van der Waals surface area contributed by atoms with Crippen LogP contribution >= 0.6 is 11.6 Å². The molecule has 0 bridgehead atoms. The van der Waals surface area contributed by atoms with Crippen molar-refractivity contribution in [2.45, 2.75) is 24.2 Å². The van der Waals surface area contributed by atoms with Gasteiger partial charge in [-0.15, -0.1) is 0 Å². The summed E-state index contributed by atoms with van der Waals surface area (Å²) in [4.78, 5) is 62.7. The zero-order chi connectivity index (χ0) is 40.3. The van der Waals surface area contributed by atoms with Gasteiger partial charge in [0, 0.05) is 47.8 Å². The molecule has 9 nitrogen and oxygen atoms in total. The highest BCUT2D eigenvalue weighted by atomic mass is 35.5. The number of fused-ring (bicyclic) bond motifs is 4. The Kier molecular flexibility index (Phi) is 9.28.